The highest BCUT2D eigenvalue weighted by Gasteiger charge is 2.20. The van der Waals surface area contributed by atoms with Crippen molar-refractivity contribution in [2.45, 2.75) is 18.9 Å². The van der Waals surface area contributed by atoms with Crippen molar-refractivity contribution in [1.29, 1.82) is 0 Å². The molecule has 0 saturated heterocycles. The second-order valence-corrected chi connectivity index (χ2v) is 6.76. The fourth-order valence-electron chi connectivity index (χ4n) is 3.13. The molecule has 2 aromatic carbocycles. The monoisotopic (exact) mass is 402 g/mol. The fourth-order valence-corrected chi connectivity index (χ4v) is 3.13. The highest BCUT2D eigenvalue weighted by atomic mass is 19.1. The molecule has 0 aliphatic carbocycles. The summed E-state index contributed by atoms with van der Waals surface area (Å²) in [4.78, 5) is 17.1. The average Bonchev–Trinajstić information content (AvgIpc) is 3.32. The first-order valence-corrected chi connectivity index (χ1v) is 9.49. The average molecular weight is 402 g/mol. The summed E-state index contributed by atoms with van der Waals surface area (Å²) in [7, 11) is 0. The molecule has 150 valence electrons. The van der Waals surface area contributed by atoms with Crippen molar-refractivity contribution >= 4 is 5.91 Å². The Kier molecular flexibility index (Phi) is 5.84. The van der Waals surface area contributed by atoms with Crippen LogP contribution < -0.4 is 5.32 Å². The minimum Gasteiger partial charge on any atom is -0.342 e. The van der Waals surface area contributed by atoms with E-state index in [1.807, 2.05) is 30.3 Å². The predicted molar refractivity (Wildman–Crippen MR) is 109 cm³/mol. The molecular weight excluding hydrogens is 383 g/mol. The van der Waals surface area contributed by atoms with Gasteiger partial charge in [-0.3, -0.25) is 9.78 Å². The van der Waals surface area contributed by atoms with Crippen molar-refractivity contribution < 1.29 is 9.18 Å². The number of hydrogen-bond donors (Lipinski definition) is 2. The van der Waals surface area contributed by atoms with Gasteiger partial charge >= 0.3 is 0 Å². The summed E-state index contributed by atoms with van der Waals surface area (Å²) < 4.78 is 13.4. The van der Waals surface area contributed by atoms with Crippen LogP contribution in [0.4, 0.5) is 4.39 Å². The Balaban J connectivity index is 1.46. The van der Waals surface area contributed by atoms with E-state index >= 15 is 0 Å². The summed E-state index contributed by atoms with van der Waals surface area (Å²) in [6.45, 7) is 0. The molecule has 1 amide bonds. The molecule has 4 rings (SSSR count). The zero-order valence-electron chi connectivity index (χ0n) is 16.0. The summed E-state index contributed by atoms with van der Waals surface area (Å²) in [5.41, 5.74) is 2.78. The van der Waals surface area contributed by atoms with Crippen LogP contribution in [0.3, 0.4) is 0 Å². The number of aryl methyl sites for hydroxylation is 1. The molecule has 7 nitrogen and oxygen atoms in total. The number of aromatic amines is 1. The molecule has 0 aliphatic heterocycles. The predicted octanol–water partition coefficient (Wildman–Crippen LogP) is 3.50. The lowest BCUT2D eigenvalue weighted by Gasteiger charge is -2.15. The van der Waals surface area contributed by atoms with Gasteiger partial charge in [0.2, 0.25) is 0 Å². The van der Waals surface area contributed by atoms with Crippen LogP contribution in [0, 0.1) is 5.82 Å². The van der Waals surface area contributed by atoms with Gasteiger partial charge in [-0.25, -0.2) is 4.39 Å². The number of benzene rings is 2. The number of hydrogen-bond acceptors (Lipinski definition) is 5. The number of H-pyrrole nitrogens is 1. The zero-order chi connectivity index (χ0) is 20.8. The summed E-state index contributed by atoms with van der Waals surface area (Å²) in [5.74, 6) is -0.211. The van der Waals surface area contributed by atoms with Crippen molar-refractivity contribution in [2.75, 3.05) is 0 Å². The van der Waals surface area contributed by atoms with Crippen LogP contribution in [0.5, 0.6) is 0 Å². The quantitative estimate of drug-likeness (QED) is 0.493. The number of carbonyl (C=O) groups is 1. The second-order valence-electron chi connectivity index (χ2n) is 6.76. The van der Waals surface area contributed by atoms with E-state index in [1.165, 1.54) is 18.3 Å². The van der Waals surface area contributed by atoms with Gasteiger partial charge in [0.25, 0.3) is 5.91 Å². The number of rotatable bonds is 7. The highest BCUT2D eigenvalue weighted by Crippen LogP contribution is 2.19. The van der Waals surface area contributed by atoms with Crippen LogP contribution in [0.25, 0.3) is 11.3 Å². The number of pyridine rings is 1. The van der Waals surface area contributed by atoms with E-state index in [0.717, 1.165) is 12.0 Å². The molecule has 8 heteroatoms. The molecule has 2 N–H and O–H groups in total. The van der Waals surface area contributed by atoms with E-state index in [4.69, 9.17) is 0 Å². The zero-order valence-corrected chi connectivity index (χ0v) is 16.0. The van der Waals surface area contributed by atoms with E-state index in [2.05, 4.69) is 30.9 Å². The van der Waals surface area contributed by atoms with Gasteiger partial charge in [-0.1, -0.05) is 47.7 Å². The lowest BCUT2D eigenvalue weighted by Crippen LogP contribution is -2.30. The van der Waals surface area contributed by atoms with Crippen LogP contribution in [0.1, 0.15) is 34.2 Å². The normalized spacial score (nSPS) is 11.8. The molecule has 0 bridgehead atoms. The number of amides is 1. The van der Waals surface area contributed by atoms with E-state index in [-0.39, 0.29) is 11.7 Å². The lowest BCUT2D eigenvalue weighted by atomic mass is 10.0. The van der Waals surface area contributed by atoms with Gasteiger partial charge in [0.1, 0.15) is 5.82 Å². The Morgan fingerprint density at radius 3 is 2.63 bits per heavy atom. The number of aromatic nitrogens is 5. The first-order valence-electron chi connectivity index (χ1n) is 9.49. The molecular formula is C22H19FN6O. The number of nitrogens with one attached hydrogen (secondary N) is 2. The maximum absolute atomic E-state index is 13.4. The van der Waals surface area contributed by atoms with E-state index in [0.29, 0.717) is 29.1 Å². The fraction of sp³-hybridized carbons (Fsp3) is 0.136. The summed E-state index contributed by atoms with van der Waals surface area (Å²) in [6, 6.07) is 19.1. The molecule has 1 unspecified atom stereocenters. The molecule has 4 aromatic rings. The van der Waals surface area contributed by atoms with Crippen molar-refractivity contribution in [3.63, 3.8) is 0 Å². The van der Waals surface area contributed by atoms with Gasteiger partial charge in [0.05, 0.1) is 17.3 Å². The van der Waals surface area contributed by atoms with Crippen molar-refractivity contribution in [3.8, 4) is 11.3 Å². The minimum absolute atomic E-state index is 0.295. The number of halogens is 1. The SMILES string of the molecule is O=C(NC(CCc1ccccc1)c1nn[nH]n1)c1ccc(-c2cccc(F)c2)nc1. The van der Waals surface area contributed by atoms with Gasteiger partial charge in [-0.05, 0) is 42.7 Å². The summed E-state index contributed by atoms with van der Waals surface area (Å²) >= 11 is 0. The van der Waals surface area contributed by atoms with Crippen molar-refractivity contribution in [1.82, 2.24) is 30.9 Å². The second kappa shape index (κ2) is 9.04. The Morgan fingerprint density at radius 1 is 1.07 bits per heavy atom. The van der Waals surface area contributed by atoms with Crippen LogP contribution in [-0.2, 0) is 6.42 Å². The third-order valence-electron chi connectivity index (χ3n) is 4.69. The standard InChI is InChI=1S/C22H19FN6O/c23-18-8-4-7-16(13-18)19-12-10-17(14-24-19)22(30)25-20(21-26-28-29-27-21)11-9-15-5-2-1-3-6-15/h1-8,10,12-14,20H,9,11H2,(H,25,30)(H,26,27,28,29). The minimum atomic E-state index is -0.403. The summed E-state index contributed by atoms with van der Waals surface area (Å²) in [6.07, 6.45) is 2.83. The Hall–Kier alpha value is -3.94. The van der Waals surface area contributed by atoms with Gasteiger partial charge in [-0.2, -0.15) is 5.21 Å². The number of nitrogens with zero attached hydrogens (tertiary/aromatic N) is 4. The Bertz CT molecular complexity index is 1100. The van der Waals surface area contributed by atoms with Crippen molar-refractivity contribution in [2.24, 2.45) is 0 Å². The van der Waals surface area contributed by atoms with Crippen LogP contribution in [0.2, 0.25) is 0 Å². The first kappa shape index (κ1) is 19.4. The van der Waals surface area contributed by atoms with Gasteiger partial charge in [0.15, 0.2) is 5.82 Å². The first-order chi connectivity index (χ1) is 14.7. The van der Waals surface area contributed by atoms with Gasteiger partial charge in [-0.15, -0.1) is 10.2 Å². The smallest absolute Gasteiger partial charge is 0.253 e. The largest absolute Gasteiger partial charge is 0.342 e. The van der Waals surface area contributed by atoms with Crippen LogP contribution in [0.15, 0.2) is 72.9 Å². The Labute approximate surface area is 172 Å². The van der Waals surface area contributed by atoms with Crippen LogP contribution in [-0.4, -0.2) is 31.5 Å². The third kappa shape index (κ3) is 4.72. The topological polar surface area (TPSA) is 96.5 Å². The molecule has 0 radical (unpaired) electrons. The molecule has 2 aromatic heterocycles. The van der Waals surface area contributed by atoms with E-state index < -0.39 is 6.04 Å². The maximum atomic E-state index is 13.4. The molecule has 2 heterocycles. The van der Waals surface area contributed by atoms with E-state index in [1.54, 1.807) is 24.3 Å². The van der Waals surface area contributed by atoms with Gasteiger partial charge in [0, 0.05) is 11.8 Å². The third-order valence-corrected chi connectivity index (χ3v) is 4.69. The molecule has 1 atom stereocenters. The molecule has 0 spiro atoms. The van der Waals surface area contributed by atoms with Crippen molar-refractivity contribution in [3.05, 3.63) is 95.7 Å². The number of tetrazole rings is 1. The molecule has 0 fully saturated rings. The highest BCUT2D eigenvalue weighted by molar-refractivity contribution is 5.94. The molecule has 30 heavy (non-hydrogen) atoms. The van der Waals surface area contributed by atoms with Crippen LogP contribution >= 0.6 is 0 Å². The lowest BCUT2D eigenvalue weighted by molar-refractivity contribution is 0.0932. The maximum Gasteiger partial charge on any atom is 0.253 e. The van der Waals surface area contributed by atoms with E-state index in [9.17, 15) is 9.18 Å². The Morgan fingerprint density at radius 2 is 1.93 bits per heavy atom. The number of carbonyl (C=O) groups excluding carboxylic acids is 1. The molecule has 0 saturated carbocycles. The summed E-state index contributed by atoms with van der Waals surface area (Å²) in [5, 5.41) is 17.0. The molecule has 0 aliphatic rings. The van der Waals surface area contributed by atoms with Gasteiger partial charge < -0.3 is 5.32 Å².